The van der Waals surface area contributed by atoms with E-state index in [9.17, 15) is 33.2 Å². The normalized spacial score (nSPS) is 18.6. The number of amides is 4. The van der Waals surface area contributed by atoms with Crippen LogP contribution in [0.2, 0.25) is 0 Å². The van der Waals surface area contributed by atoms with Crippen LogP contribution in [0.25, 0.3) is 0 Å². The highest BCUT2D eigenvalue weighted by Crippen LogP contribution is 2.32. The van der Waals surface area contributed by atoms with E-state index in [0.29, 0.717) is 105 Å². The lowest BCUT2D eigenvalue weighted by Crippen LogP contribution is -2.50. The number of rotatable bonds is 14. The Balaban J connectivity index is 0.000000197. The van der Waals surface area contributed by atoms with Crippen molar-refractivity contribution in [1.29, 1.82) is 0 Å². The third-order valence-corrected chi connectivity index (χ3v) is 13.6. The third-order valence-electron chi connectivity index (χ3n) is 13.1. The second-order valence-electron chi connectivity index (χ2n) is 18.4. The number of carbonyl (C=O) groups is 6. The number of halogens is 2. The van der Waals surface area contributed by atoms with Crippen molar-refractivity contribution in [3.63, 3.8) is 0 Å². The van der Waals surface area contributed by atoms with Crippen molar-refractivity contribution < 1.29 is 56.5 Å². The van der Waals surface area contributed by atoms with Gasteiger partial charge in [0.05, 0.1) is 58.5 Å². The monoisotopic (exact) mass is 1020 g/mol. The minimum absolute atomic E-state index is 0.205. The van der Waals surface area contributed by atoms with E-state index >= 15 is 4.39 Å². The fraction of sp³-hybridized carbons (Fsp3) is 0.404. The highest BCUT2D eigenvalue weighted by Gasteiger charge is 2.35. The second-order valence-corrected chi connectivity index (χ2v) is 18.8. The fourth-order valence-electron chi connectivity index (χ4n) is 8.61. The van der Waals surface area contributed by atoms with Crippen LogP contribution in [-0.2, 0) is 28.5 Å². The minimum atomic E-state index is -0.547. The van der Waals surface area contributed by atoms with Gasteiger partial charge in [-0.2, -0.15) is 0 Å². The Bertz CT molecular complexity index is 2700. The summed E-state index contributed by atoms with van der Waals surface area (Å²) in [6.45, 7) is 7.58. The number of thiocarbonyl (C=S) groups is 1. The number of anilines is 4. The van der Waals surface area contributed by atoms with Gasteiger partial charge < -0.3 is 49.6 Å². The van der Waals surface area contributed by atoms with Crippen LogP contribution < -0.4 is 30.7 Å². The van der Waals surface area contributed by atoms with Gasteiger partial charge in [-0.15, -0.1) is 0 Å². The standard InChI is InChI=1S/C28H31FN4O5S.C24H27FN4O5/c1-18-2-4-20(5-3-18)27(35)37-17-25(34)32-12-10-31(11-13-32)24-9-8-21(14-23(24)29)33-16-22(38-28(33)36)15-30-26(39)19-6-7-19;1-16-2-4-17(5-3-16)23(31)33-15-22(30)28-10-8-27(9-11-28)21-7-6-18(12-20(21)25)29-14-19(13-26)34-24(29)32/h2-5,8-9,14,19,22H,6-7,10-13,15-17H2,1H3,(H,30,39);2-7,12,19H,8-11,13-15,26H2,1H3/t22-;19-/m00/s1. The Morgan fingerprint density at radius 1 is 0.630 bits per heavy atom. The lowest BCUT2D eigenvalue weighted by Gasteiger charge is -2.36. The Morgan fingerprint density at radius 3 is 1.42 bits per heavy atom. The van der Waals surface area contributed by atoms with Gasteiger partial charge in [-0.25, -0.2) is 28.0 Å². The zero-order chi connectivity index (χ0) is 51.8. The fourth-order valence-corrected chi connectivity index (χ4v) is 8.93. The molecule has 73 heavy (non-hydrogen) atoms. The molecular formula is C52H58F2N8O10S. The average molecular weight is 1030 g/mol. The molecule has 5 aliphatic rings. The Kier molecular flexibility index (Phi) is 16.7. The van der Waals surface area contributed by atoms with Gasteiger partial charge >= 0.3 is 24.1 Å². The molecule has 4 aromatic carbocycles. The van der Waals surface area contributed by atoms with Crippen LogP contribution in [0.1, 0.15) is 44.7 Å². The molecule has 386 valence electrons. The number of cyclic esters (lactones) is 2. The van der Waals surface area contributed by atoms with Gasteiger partial charge in [-0.1, -0.05) is 47.6 Å². The van der Waals surface area contributed by atoms with Crippen molar-refractivity contribution in [3.8, 4) is 0 Å². The molecule has 4 aliphatic heterocycles. The molecule has 1 aliphatic carbocycles. The van der Waals surface area contributed by atoms with Gasteiger partial charge in [-0.05, 0) is 87.4 Å². The van der Waals surface area contributed by atoms with Gasteiger partial charge in [0, 0.05) is 64.8 Å². The summed E-state index contributed by atoms with van der Waals surface area (Å²) in [5, 5.41) is 3.17. The van der Waals surface area contributed by atoms with Gasteiger partial charge in [-0.3, -0.25) is 19.4 Å². The van der Waals surface area contributed by atoms with E-state index in [2.05, 4.69) is 5.32 Å². The number of piperazine rings is 2. The molecule has 5 fully saturated rings. The quantitative estimate of drug-likeness (QED) is 0.0948. The molecule has 0 radical (unpaired) electrons. The Hall–Kier alpha value is -7.39. The summed E-state index contributed by atoms with van der Waals surface area (Å²) >= 11 is 5.33. The number of nitrogens with one attached hydrogen (secondary N) is 1. The van der Waals surface area contributed by atoms with Crippen molar-refractivity contribution in [2.75, 3.05) is 111 Å². The van der Waals surface area contributed by atoms with Gasteiger partial charge in [0.15, 0.2) is 13.2 Å². The zero-order valence-corrected chi connectivity index (χ0v) is 41.5. The maximum atomic E-state index is 15.1. The van der Waals surface area contributed by atoms with E-state index in [1.54, 1.807) is 82.6 Å². The summed E-state index contributed by atoms with van der Waals surface area (Å²) in [7, 11) is 0. The summed E-state index contributed by atoms with van der Waals surface area (Å²) in [6, 6.07) is 23.1. The summed E-state index contributed by atoms with van der Waals surface area (Å²) < 4.78 is 50.9. The van der Waals surface area contributed by atoms with Crippen molar-refractivity contribution in [3.05, 3.63) is 119 Å². The molecule has 4 saturated heterocycles. The number of hydrogen-bond acceptors (Lipinski definition) is 14. The van der Waals surface area contributed by atoms with Gasteiger partial charge in [0.25, 0.3) is 11.8 Å². The molecule has 0 unspecified atom stereocenters. The van der Waals surface area contributed by atoms with Crippen LogP contribution in [-0.4, -0.2) is 155 Å². The molecule has 21 heteroatoms. The number of carbonyl (C=O) groups excluding carboxylic acids is 6. The summed E-state index contributed by atoms with van der Waals surface area (Å²) in [5.74, 6) is -2.16. The first-order chi connectivity index (χ1) is 35.1. The first kappa shape index (κ1) is 51.9. The number of benzene rings is 4. The molecule has 4 heterocycles. The number of aryl methyl sites for hydroxylation is 2. The molecule has 3 N–H and O–H groups in total. The molecule has 9 rings (SSSR count). The predicted octanol–water partition coefficient (Wildman–Crippen LogP) is 5.22. The first-order valence-electron chi connectivity index (χ1n) is 24.2. The number of nitrogens with zero attached hydrogens (tertiary/aromatic N) is 6. The second kappa shape index (κ2) is 23.4. The van der Waals surface area contributed by atoms with Crippen LogP contribution in [0, 0.1) is 31.4 Å². The van der Waals surface area contributed by atoms with E-state index in [0.717, 1.165) is 29.0 Å². The highest BCUT2D eigenvalue weighted by atomic mass is 32.1. The summed E-state index contributed by atoms with van der Waals surface area (Å²) in [4.78, 5) is 84.2. The topological polar surface area (TPSA) is 197 Å². The maximum Gasteiger partial charge on any atom is 0.414 e. The van der Waals surface area contributed by atoms with Crippen LogP contribution in [0.3, 0.4) is 0 Å². The van der Waals surface area contributed by atoms with E-state index in [4.69, 9.17) is 36.9 Å². The van der Waals surface area contributed by atoms with E-state index in [-0.39, 0.29) is 44.2 Å². The van der Waals surface area contributed by atoms with E-state index in [1.165, 1.54) is 21.9 Å². The molecule has 1 saturated carbocycles. The van der Waals surface area contributed by atoms with Gasteiger partial charge in [0.2, 0.25) is 0 Å². The van der Waals surface area contributed by atoms with Crippen molar-refractivity contribution in [2.45, 2.75) is 38.9 Å². The zero-order valence-electron chi connectivity index (χ0n) is 40.6. The van der Waals surface area contributed by atoms with Crippen molar-refractivity contribution >= 4 is 75.9 Å². The third kappa shape index (κ3) is 13.2. The van der Waals surface area contributed by atoms with Crippen LogP contribution in [0.15, 0.2) is 84.9 Å². The van der Waals surface area contributed by atoms with Crippen LogP contribution in [0.5, 0.6) is 0 Å². The van der Waals surface area contributed by atoms with Gasteiger partial charge in [0.1, 0.15) is 23.8 Å². The Labute approximate surface area is 426 Å². The van der Waals surface area contributed by atoms with E-state index < -0.39 is 41.9 Å². The van der Waals surface area contributed by atoms with Crippen molar-refractivity contribution in [1.82, 2.24) is 15.1 Å². The molecule has 2 atom stereocenters. The lowest BCUT2D eigenvalue weighted by atomic mass is 10.1. The molecule has 4 aromatic rings. The number of hydrogen-bond donors (Lipinski definition) is 2. The maximum absolute atomic E-state index is 15.1. The molecular weight excluding hydrogens is 967 g/mol. The molecule has 0 bridgehead atoms. The minimum Gasteiger partial charge on any atom is -0.452 e. The predicted molar refractivity (Wildman–Crippen MR) is 271 cm³/mol. The number of ether oxygens (including phenoxy) is 4. The summed E-state index contributed by atoms with van der Waals surface area (Å²) in [6.07, 6.45) is 0.377. The Morgan fingerprint density at radius 2 is 1.04 bits per heavy atom. The number of esters is 2. The number of nitrogens with two attached hydrogens (primary N) is 1. The first-order valence-corrected chi connectivity index (χ1v) is 24.6. The SMILES string of the molecule is Cc1ccc(C(=O)OCC(=O)N2CCN(c3ccc(N4C[C@H](CN)OC4=O)cc3F)CC2)cc1.Cc1ccc(C(=O)OCC(=O)N2CCN(c3ccc(N4C[C@H](CNC(=S)C5CC5)OC4=O)cc3F)CC2)cc1. The highest BCUT2D eigenvalue weighted by molar-refractivity contribution is 7.80. The van der Waals surface area contributed by atoms with E-state index in [1.807, 2.05) is 23.6 Å². The smallest absolute Gasteiger partial charge is 0.414 e. The molecule has 4 amide bonds. The van der Waals surface area contributed by atoms with Crippen molar-refractivity contribution in [2.24, 2.45) is 11.7 Å². The molecule has 18 nitrogen and oxygen atoms in total. The van der Waals surface area contributed by atoms with Crippen LogP contribution >= 0.6 is 12.2 Å². The van der Waals surface area contributed by atoms with Crippen LogP contribution in [0.4, 0.5) is 41.1 Å². The average Bonchev–Trinajstić information content (AvgIpc) is 4.09. The largest absolute Gasteiger partial charge is 0.452 e. The molecule has 0 spiro atoms. The lowest BCUT2D eigenvalue weighted by molar-refractivity contribution is -0.135. The molecule has 0 aromatic heterocycles. The summed E-state index contributed by atoms with van der Waals surface area (Å²) in [5.41, 5.74) is 10.0.